The Bertz CT molecular complexity index is 513. The molecule has 1 aliphatic carbocycles. The number of sulfonamides is 1. The van der Waals surface area contributed by atoms with Crippen molar-refractivity contribution in [1.82, 2.24) is 4.72 Å². The van der Waals surface area contributed by atoms with Gasteiger partial charge in [-0.3, -0.25) is 0 Å². The molecule has 2 unspecified atom stereocenters. The number of thiophene rings is 1. The van der Waals surface area contributed by atoms with E-state index in [2.05, 4.69) is 11.0 Å². The van der Waals surface area contributed by atoms with Crippen molar-refractivity contribution in [3.63, 3.8) is 0 Å². The molecule has 2 rings (SSSR count). The minimum Gasteiger partial charge on any atom is -0.326 e. The topological polar surface area (TPSA) is 72.2 Å². The summed E-state index contributed by atoms with van der Waals surface area (Å²) in [5, 5.41) is 2.24. The molecule has 3 N–H and O–H groups in total. The van der Waals surface area contributed by atoms with Crippen LogP contribution in [0.25, 0.3) is 0 Å². The predicted octanol–water partition coefficient (Wildman–Crippen LogP) is 2.16. The van der Waals surface area contributed by atoms with Crippen LogP contribution >= 0.6 is 23.1 Å². The highest BCUT2D eigenvalue weighted by Gasteiger charge is 2.26. The van der Waals surface area contributed by atoms with E-state index in [9.17, 15) is 8.42 Å². The van der Waals surface area contributed by atoms with Crippen LogP contribution in [0.15, 0.2) is 16.3 Å². The van der Waals surface area contributed by atoms with Gasteiger partial charge in [0.25, 0.3) is 0 Å². The second-order valence-electron chi connectivity index (χ2n) is 4.80. The molecule has 1 fully saturated rings. The lowest BCUT2D eigenvalue weighted by molar-refractivity contribution is 0.421. The van der Waals surface area contributed by atoms with Crippen molar-refractivity contribution in [3.05, 3.63) is 16.3 Å². The molecule has 0 bridgehead atoms. The lowest BCUT2D eigenvalue weighted by Gasteiger charge is -2.28. The van der Waals surface area contributed by atoms with Crippen molar-refractivity contribution >= 4 is 33.1 Å². The molecule has 19 heavy (non-hydrogen) atoms. The summed E-state index contributed by atoms with van der Waals surface area (Å²) in [6.45, 7) is 0.387. The van der Waals surface area contributed by atoms with Crippen LogP contribution in [0.3, 0.4) is 0 Å². The van der Waals surface area contributed by atoms with Crippen molar-refractivity contribution < 1.29 is 8.42 Å². The Kier molecular flexibility index (Phi) is 5.30. The number of nitrogens with two attached hydrogens (primary N) is 1. The average Bonchev–Trinajstić information content (AvgIpc) is 2.88. The second kappa shape index (κ2) is 6.58. The zero-order valence-electron chi connectivity index (χ0n) is 11.0. The lowest BCUT2D eigenvalue weighted by atomic mass is 9.96. The maximum absolute atomic E-state index is 12.3. The van der Waals surface area contributed by atoms with E-state index >= 15 is 0 Å². The summed E-state index contributed by atoms with van der Waals surface area (Å²) in [6.07, 6.45) is 6.23. The molecule has 1 aromatic heterocycles. The van der Waals surface area contributed by atoms with E-state index in [4.69, 9.17) is 5.73 Å². The van der Waals surface area contributed by atoms with Crippen LogP contribution in [-0.2, 0) is 16.6 Å². The quantitative estimate of drug-likeness (QED) is 0.872. The summed E-state index contributed by atoms with van der Waals surface area (Å²) in [6, 6.07) is 1.74. The highest BCUT2D eigenvalue weighted by molar-refractivity contribution is 7.99. The number of hydrogen-bond donors (Lipinski definition) is 2. The minimum atomic E-state index is -3.39. The summed E-state index contributed by atoms with van der Waals surface area (Å²) in [5.74, 6) is 0. The van der Waals surface area contributed by atoms with Gasteiger partial charge in [0.2, 0.25) is 10.0 Å². The molecule has 0 radical (unpaired) electrons. The van der Waals surface area contributed by atoms with E-state index in [1.54, 1.807) is 11.4 Å². The van der Waals surface area contributed by atoms with Gasteiger partial charge in [0.1, 0.15) is 0 Å². The van der Waals surface area contributed by atoms with Crippen LogP contribution < -0.4 is 10.5 Å². The van der Waals surface area contributed by atoms with Gasteiger partial charge in [-0.25, -0.2) is 13.1 Å². The zero-order chi connectivity index (χ0) is 13.9. The van der Waals surface area contributed by atoms with Gasteiger partial charge in [-0.05, 0) is 31.6 Å². The van der Waals surface area contributed by atoms with Gasteiger partial charge in [0.05, 0.1) is 4.90 Å². The molecule has 1 aliphatic rings. The molecule has 1 aromatic rings. The van der Waals surface area contributed by atoms with Gasteiger partial charge in [0.15, 0.2) is 0 Å². The normalized spacial score (nSPS) is 24.5. The maximum Gasteiger partial charge on any atom is 0.241 e. The molecule has 1 heterocycles. The Morgan fingerprint density at radius 2 is 2.32 bits per heavy atom. The molecule has 1 saturated carbocycles. The van der Waals surface area contributed by atoms with Gasteiger partial charge in [0, 0.05) is 28.1 Å². The summed E-state index contributed by atoms with van der Waals surface area (Å²) in [7, 11) is -3.39. The Morgan fingerprint density at radius 1 is 1.53 bits per heavy atom. The van der Waals surface area contributed by atoms with Gasteiger partial charge >= 0.3 is 0 Å². The van der Waals surface area contributed by atoms with Crippen molar-refractivity contribution in [2.45, 2.75) is 48.4 Å². The third-order valence-corrected chi connectivity index (χ3v) is 7.13. The minimum absolute atomic E-state index is 0.0671. The molecule has 2 atom stereocenters. The summed E-state index contributed by atoms with van der Waals surface area (Å²) < 4.78 is 27.4. The van der Waals surface area contributed by atoms with Crippen LogP contribution in [0, 0.1) is 0 Å². The molecule has 0 amide bonds. The molecule has 108 valence electrons. The van der Waals surface area contributed by atoms with Crippen LogP contribution in [0.5, 0.6) is 0 Å². The van der Waals surface area contributed by atoms with Crippen molar-refractivity contribution in [3.8, 4) is 0 Å². The Balaban J connectivity index is 2.04. The van der Waals surface area contributed by atoms with E-state index in [0.717, 1.165) is 24.1 Å². The fourth-order valence-corrected chi connectivity index (χ4v) is 5.63. The number of nitrogens with one attached hydrogen (secondary N) is 1. The van der Waals surface area contributed by atoms with Gasteiger partial charge < -0.3 is 5.73 Å². The smallest absolute Gasteiger partial charge is 0.241 e. The molecular weight excluding hydrogens is 300 g/mol. The molecule has 7 heteroatoms. The average molecular weight is 321 g/mol. The molecule has 0 saturated heterocycles. The fraction of sp³-hybridized carbons (Fsp3) is 0.667. The largest absolute Gasteiger partial charge is 0.326 e. The lowest BCUT2D eigenvalue weighted by Crippen LogP contribution is -2.38. The number of rotatable bonds is 5. The first-order chi connectivity index (χ1) is 9.05. The Morgan fingerprint density at radius 3 is 2.95 bits per heavy atom. The van der Waals surface area contributed by atoms with E-state index in [1.165, 1.54) is 17.8 Å². The van der Waals surface area contributed by atoms with E-state index in [-0.39, 0.29) is 6.04 Å². The molecule has 0 spiro atoms. The standard InChI is InChI=1S/C12H20N2O2S3/c1-17-10-4-2-3-9(5-10)14-19(15,16)12-6-11(7-13)18-8-12/h6,8-10,14H,2-5,7,13H2,1H3. The Labute approximate surface area is 123 Å². The summed E-state index contributed by atoms with van der Waals surface area (Å²) in [4.78, 5) is 1.25. The Hall–Kier alpha value is -0.0800. The number of thioether (sulfide) groups is 1. The number of hydrogen-bond acceptors (Lipinski definition) is 5. The van der Waals surface area contributed by atoms with Gasteiger partial charge in [-0.15, -0.1) is 11.3 Å². The van der Waals surface area contributed by atoms with E-state index in [0.29, 0.717) is 16.7 Å². The van der Waals surface area contributed by atoms with E-state index < -0.39 is 10.0 Å². The molecular formula is C12H20N2O2S3. The summed E-state index contributed by atoms with van der Waals surface area (Å²) in [5.41, 5.74) is 5.52. The van der Waals surface area contributed by atoms with Crippen molar-refractivity contribution in [2.24, 2.45) is 5.73 Å². The fourth-order valence-electron chi connectivity index (χ4n) is 2.36. The van der Waals surface area contributed by atoms with Crippen LogP contribution in [0.4, 0.5) is 0 Å². The van der Waals surface area contributed by atoms with Crippen LogP contribution in [-0.4, -0.2) is 26.0 Å². The van der Waals surface area contributed by atoms with E-state index in [1.807, 2.05) is 11.8 Å². The third kappa shape index (κ3) is 3.95. The highest BCUT2D eigenvalue weighted by atomic mass is 32.2. The monoisotopic (exact) mass is 320 g/mol. The van der Waals surface area contributed by atoms with Crippen LogP contribution in [0.1, 0.15) is 30.6 Å². The maximum atomic E-state index is 12.3. The zero-order valence-corrected chi connectivity index (χ0v) is 13.4. The molecule has 4 nitrogen and oxygen atoms in total. The SMILES string of the molecule is CSC1CCCC(NS(=O)(=O)c2csc(CN)c2)C1. The van der Waals surface area contributed by atoms with Gasteiger partial charge in [-0.2, -0.15) is 11.8 Å². The van der Waals surface area contributed by atoms with Gasteiger partial charge in [-0.1, -0.05) is 6.42 Å². The molecule has 0 aliphatic heterocycles. The molecule has 0 aromatic carbocycles. The highest BCUT2D eigenvalue weighted by Crippen LogP contribution is 2.28. The predicted molar refractivity (Wildman–Crippen MR) is 82.1 cm³/mol. The first-order valence-corrected chi connectivity index (χ1v) is 10.0. The second-order valence-corrected chi connectivity index (χ2v) is 8.64. The summed E-state index contributed by atoms with van der Waals surface area (Å²) >= 11 is 3.22. The van der Waals surface area contributed by atoms with Crippen molar-refractivity contribution in [2.75, 3.05) is 6.26 Å². The first kappa shape index (κ1) is 15.3. The first-order valence-electron chi connectivity index (χ1n) is 6.37. The van der Waals surface area contributed by atoms with Crippen molar-refractivity contribution in [1.29, 1.82) is 0 Å². The third-order valence-electron chi connectivity index (χ3n) is 3.42. The van der Waals surface area contributed by atoms with Crippen LogP contribution in [0.2, 0.25) is 0 Å².